The molecule has 0 aromatic rings. The number of Topliss-reactive ketones (excluding diaryl/α,β-unsaturated/α-hetero) is 2. The zero-order valence-electron chi connectivity index (χ0n) is 30.9. The molecule has 5 nitrogen and oxygen atoms in total. The van der Waals surface area contributed by atoms with Crippen LogP contribution in [0, 0.1) is 5.92 Å². The van der Waals surface area contributed by atoms with Crippen LogP contribution in [-0.4, -0.2) is 27.0 Å². The summed E-state index contributed by atoms with van der Waals surface area (Å²) in [6.45, 7) is 4.46. The molecule has 0 rings (SSSR count). The second-order valence-electron chi connectivity index (χ2n) is 14.0. The number of rotatable bonds is 36. The summed E-state index contributed by atoms with van der Waals surface area (Å²) < 4.78 is 39.9. The van der Waals surface area contributed by atoms with E-state index < -0.39 is 31.4 Å². The van der Waals surface area contributed by atoms with E-state index in [4.69, 9.17) is 9.79 Å². The van der Waals surface area contributed by atoms with Crippen LogP contribution in [0.5, 0.6) is 0 Å². The van der Waals surface area contributed by atoms with Crippen molar-refractivity contribution in [2.75, 3.05) is 0 Å². The van der Waals surface area contributed by atoms with Gasteiger partial charge >= 0.3 is 13.3 Å². The van der Waals surface area contributed by atoms with E-state index in [1.165, 1.54) is 77.0 Å². The van der Waals surface area contributed by atoms with Gasteiger partial charge in [0, 0.05) is 31.6 Å². The predicted molar refractivity (Wildman–Crippen MR) is 199 cm³/mol. The highest BCUT2D eigenvalue weighted by molar-refractivity contribution is 7.53. The molecule has 2 N–H and O–H groups in total. The first-order valence-corrected chi connectivity index (χ1v) is 21.4. The Kier molecular flexibility index (Phi) is 31.0. The molecule has 0 amide bonds. The average molecular weight is 703 g/mol. The van der Waals surface area contributed by atoms with Crippen LogP contribution in [0.15, 0.2) is 24.3 Å². The van der Waals surface area contributed by atoms with Gasteiger partial charge in [-0.3, -0.25) is 14.2 Å². The van der Waals surface area contributed by atoms with E-state index in [0.717, 1.165) is 77.0 Å². The highest BCUT2D eigenvalue weighted by Crippen LogP contribution is 2.56. The van der Waals surface area contributed by atoms with Crippen LogP contribution >= 0.6 is 7.60 Å². The van der Waals surface area contributed by atoms with Crippen LogP contribution < -0.4 is 0 Å². The zero-order chi connectivity index (χ0) is 35.8. The Morgan fingerprint density at radius 3 is 1.27 bits per heavy atom. The molecule has 0 radical (unpaired) electrons. The number of carbonyl (C=O) groups excluding carboxylic acids is 2. The van der Waals surface area contributed by atoms with E-state index in [2.05, 4.69) is 38.2 Å². The van der Waals surface area contributed by atoms with Gasteiger partial charge in [-0.25, -0.2) is 0 Å². The topological polar surface area (TPSA) is 91.7 Å². The third-order valence-electron chi connectivity index (χ3n) is 9.25. The molecule has 282 valence electrons. The van der Waals surface area contributed by atoms with E-state index in [9.17, 15) is 22.9 Å². The lowest BCUT2D eigenvalue weighted by atomic mass is 9.89. The normalized spacial score (nSPS) is 13.2. The number of alkyl halides is 2. The fourth-order valence-electron chi connectivity index (χ4n) is 6.06. The van der Waals surface area contributed by atoms with Crippen molar-refractivity contribution in [1.29, 1.82) is 0 Å². The van der Waals surface area contributed by atoms with E-state index in [1.54, 1.807) is 0 Å². The number of hydrogen-bond acceptors (Lipinski definition) is 3. The smallest absolute Gasteiger partial charge is 0.320 e. The Hall–Kier alpha value is -1.17. The summed E-state index contributed by atoms with van der Waals surface area (Å²) in [4.78, 5) is 43.8. The lowest BCUT2D eigenvalue weighted by molar-refractivity contribution is -0.130. The van der Waals surface area contributed by atoms with Crippen molar-refractivity contribution in [3.05, 3.63) is 24.3 Å². The van der Waals surface area contributed by atoms with Gasteiger partial charge in [0.15, 0.2) is 0 Å². The summed E-state index contributed by atoms with van der Waals surface area (Å²) in [7, 11) is -5.73. The molecular weight excluding hydrogens is 629 g/mol. The molecule has 0 bridgehead atoms. The Bertz CT molecular complexity index is 883. The van der Waals surface area contributed by atoms with Gasteiger partial charge in [0.1, 0.15) is 11.6 Å². The zero-order valence-corrected chi connectivity index (χ0v) is 31.8. The number of hydrogen-bond donors (Lipinski definition) is 2. The van der Waals surface area contributed by atoms with Crippen LogP contribution in [0.4, 0.5) is 8.78 Å². The number of ketones is 2. The van der Waals surface area contributed by atoms with Gasteiger partial charge in [-0.05, 0) is 64.2 Å². The number of allylic oxidation sites excluding steroid dienone is 4. The summed E-state index contributed by atoms with van der Waals surface area (Å²) in [5.74, 6) is -2.13. The quantitative estimate of drug-likeness (QED) is 0.0385. The molecule has 0 saturated heterocycles. The maximum Gasteiger partial charge on any atom is 0.394 e. The van der Waals surface area contributed by atoms with Crippen molar-refractivity contribution in [3.63, 3.8) is 0 Å². The minimum Gasteiger partial charge on any atom is -0.320 e. The second-order valence-corrected chi connectivity index (χ2v) is 15.7. The minimum atomic E-state index is -5.73. The molecule has 8 heteroatoms. The van der Waals surface area contributed by atoms with Crippen molar-refractivity contribution < 1.29 is 32.7 Å². The molecule has 1 atom stereocenters. The van der Waals surface area contributed by atoms with Crippen molar-refractivity contribution in [3.8, 4) is 0 Å². The summed E-state index contributed by atoms with van der Waals surface area (Å²) in [5.41, 5.74) is -4.32. The second kappa shape index (κ2) is 31.8. The molecule has 0 aliphatic heterocycles. The van der Waals surface area contributed by atoms with Crippen molar-refractivity contribution in [2.24, 2.45) is 5.92 Å². The number of unbranched alkanes of at least 4 members (excludes halogenated alkanes) is 22. The van der Waals surface area contributed by atoms with Gasteiger partial charge in [-0.1, -0.05) is 141 Å². The van der Waals surface area contributed by atoms with E-state index in [0.29, 0.717) is 12.8 Å². The maximum absolute atomic E-state index is 14.3. The number of halogens is 2. The Morgan fingerprint density at radius 2 is 0.896 bits per heavy atom. The van der Waals surface area contributed by atoms with E-state index in [-0.39, 0.29) is 25.0 Å². The van der Waals surface area contributed by atoms with Crippen molar-refractivity contribution in [2.45, 2.75) is 212 Å². The van der Waals surface area contributed by atoms with Crippen molar-refractivity contribution in [1.82, 2.24) is 0 Å². The van der Waals surface area contributed by atoms with Crippen LogP contribution in [0.25, 0.3) is 0 Å². The third-order valence-corrected chi connectivity index (χ3v) is 10.3. The van der Waals surface area contributed by atoms with Gasteiger partial charge in [0.25, 0.3) is 0 Å². The van der Waals surface area contributed by atoms with Crippen LogP contribution in [0.3, 0.4) is 0 Å². The van der Waals surface area contributed by atoms with Gasteiger partial charge < -0.3 is 9.79 Å². The fourth-order valence-corrected chi connectivity index (χ4v) is 6.52. The highest BCUT2D eigenvalue weighted by Gasteiger charge is 2.50. The molecule has 0 aliphatic rings. The maximum atomic E-state index is 14.3. The van der Waals surface area contributed by atoms with Gasteiger partial charge in [-0.2, -0.15) is 8.78 Å². The molecule has 0 heterocycles. The first kappa shape index (κ1) is 46.8. The number of carbonyl (C=O) groups is 2. The monoisotopic (exact) mass is 703 g/mol. The molecule has 0 aromatic heterocycles. The molecule has 0 fully saturated rings. The van der Waals surface area contributed by atoms with Crippen LogP contribution in [-0.2, 0) is 14.2 Å². The Morgan fingerprint density at radius 1 is 0.562 bits per heavy atom. The van der Waals surface area contributed by atoms with Gasteiger partial charge in [-0.15, -0.1) is 0 Å². The predicted octanol–water partition coefficient (Wildman–Crippen LogP) is 13.4. The third kappa shape index (κ3) is 28.6. The molecule has 48 heavy (non-hydrogen) atoms. The van der Waals surface area contributed by atoms with Crippen LogP contribution in [0.2, 0.25) is 0 Å². The van der Waals surface area contributed by atoms with Gasteiger partial charge in [0.05, 0.1) is 0 Å². The van der Waals surface area contributed by atoms with E-state index in [1.807, 2.05) is 0 Å². The molecule has 0 spiro atoms. The molecule has 0 aliphatic carbocycles. The summed E-state index contributed by atoms with van der Waals surface area (Å²) >= 11 is 0. The lowest BCUT2D eigenvalue weighted by Gasteiger charge is -2.23. The highest BCUT2D eigenvalue weighted by atomic mass is 31.2. The van der Waals surface area contributed by atoms with Crippen LogP contribution in [0.1, 0.15) is 206 Å². The lowest BCUT2D eigenvalue weighted by Crippen LogP contribution is -2.28. The SMILES string of the molecule is CCCCCCCC/C=C\CCCCCCCC(=O)C[C@H](CC(F)(F)P(=O)(O)O)C(=O)CCCCCCC/C=C\CCCCCCCC. The summed E-state index contributed by atoms with van der Waals surface area (Å²) in [6.07, 6.45) is 36.7. The first-order valence-electron chi connectivity index (χ1n) is 19.8. The summed E-state index contributed by atoms with van der Waals surface area (Å²) in [5, 5.41) is 0. The van der Waals surface area contributed by atoms with Gasteiger partial charge in [0.2, 0.25) is 0 Å². The minimum absolute atomic E-state index is 0.0563. The Labute approximate surface area is 293 Å². The molecule has 0 unspecified atom stereocenters. The Balaban J connectivity index is 4.26. The molecular formula is C40H73F2O5P. The fraction of sp³-hybridized carbons (Fsp3) is 0.850. The summed E-state index contributed by atoms with van der Waals surface area (Å²) in [6, 6.07) is 0. The largest absolute Gasteiger partial charge is 0.394 e. The first-order chi connectivity index (χ1) is 23.0. The van der Waals surface area contributed by atoms with E-state index >= 15 is 0 Å². The molecule has 0 aromatic carbocycles. The standard InChI is InChI=1S/C40H73F2O5P/c1-3-5-7-9-11-13-15-17-19-21-23-25-27-29-31-33-38(43)35-37(36-40(41,42)48(45,46)47)39(44)34-32-30-28-26-24-22-20-18-16-14-12-10-8-6-4-2/h17-20,37H,3-16,21-36H2,1-2H3,(H2,45,46,47)/b19-17-,20-18-/t37-/m1/s1. The molecule has 0 saturated carbocycles. The van der Waals surface area contributed by atoms with Crippen molar-refractivity contribution >= 4 is 19.2 Å². The average Bonchev–Trinajstić information content (AvgIpc) is 3.03.